The Morgan fingerprint density at radius 2 is 1.83 bits per heavy atom. The van der Waals surface area contributed by atoms with E-state index < -0.39 is 0 Å². The van der Waals surface area contributed by atoms with Crippen molar-refractivity contribution >= 4 is 11.8 Å². The number of benzene rings is 2. The number of hydrogen-bond acceptors (Lipinski definition) is 3. The van der Waals surface area contributed by atoms with Crippen LogP contribution in [-0.2, 0) is 22.6 Å². The molecule has 0 N–H and O–H groups in total. The lowest BCUT2D eigenvalue weighted by Gasteiger charge is -2.26. The Balaban J connectivity index is 1.46. The summed E-state index contributed by atoms with van der Waals surface area (Å²) in [5, 5.41) is 0. The molecule has 2 aliphatic heterocycles. The molecule has 0 radical (unpaired) electrons. The van der Waals surface area contributed by atoms with Crippen molar-refractivity contribution in [3.63, 3.8) is 0 Å². The first kappa shape index (κ1) is 19.6. The van der Waals surface area contributed by atoms with Gasteiger partial charge in [-0.25, -0.2) is 0 Å². The first-order valence-electron chi connectivity index (χ1n) is 10.5. The van der Waals surface area contributed by atoms with Crippen molar-refractivity contribution in [3.8, 4) is 0 Å². The van der Waals surface area contributed by atoms with Crippen molar-refractivity contribution in [3.05, 3.63) is 71.3 Å². The lowest BCUT2D eigenvalue weighted by molar-refractivity contribution is -0.128. The molecule has 0 bridgehead atoms. The van der Waals surface area contributed by atoms with Gasteiger partial charge in [-0.15, -0.1) is 0 Å². The van der Waals surface area contributed by atoms with Crippen LogP contribution in [-0.4, -0.2) is 47.4 Å². The van der Waals surface area contributed by atoms with Gasteiger partial charge in [0.15, 0.2) is 0 Å². The molecule has 2 amide bonds. The Bertz CT molecular complexity index is 829. The second-order valence-electron chi connectivity index (χ2n) is 7.92. The average molecular weight is 392 g/mol. The Labute approximate surface area is 172 Å². The van der Waals surface area contributed by atoms with Crippen molar-refractivity contribution in [1.82, 2.24) is 9.80 Å². The maximum absolute atomic E-state index is 13.3. The highest BCUT2D eigenvalue weighted by Crippen LogP contribution is 2.19. The van der Waals surface area contributed by atoms with Crippen molar-refractivity contribution in [2.75, 3.05) is 19.7 Å². The number of carbonyl (C=O) groups excluding carboxylic acids is 2. The topological polar surface area (TPSA) is 49.9 Å². The van der Waals surface area contributed by atoms with Crippen LogP contribution in [0.1, 0.15) is 47.2 Å². The van der Waals surface area contributed by atoms with Crippen LogP contribution in [0.3, 0.4) is 0 Å². The highest BCUT2D eigenvalue weighted by atomic mass is 16.5. The third-order valence-electron chi connectivity index (χ3n) is 5.70. The van der Waals surface area contributed by atoms with Gasteiger partial charge >= 0.3 is 0 Å². The molecular formula is C24H28N2O3. The number of nitrogens with zero attached hydrogens (tertiary/aromatic N) is 2. The zero-order valence-corrected chi connectivity index (χ0v) is 16.8. The van der Waals surface area contributed by atoms with Gasteiger partial charge in [-0.05, 0) is 42.5 Å². The molecule has 2 aromatic rings. The number of rotatable bonds is 7. The first-order chi connectivity index (χ1) is 14.2. The molecule has 152 valence electrons. The fourth-order valence-corrected chi connectivity index (χ4v) is 4.08. The van der Waals surface area contributed by atoms with E-state index in [4.69, 9.17) is 4.74 Å². The Hall–Kier alpha value is -2.66. The quantitative estimate of drug-likeness (QED) is 0.723. The summed E-state index contributed by atoms with van der Waals surface area (Å²) in [6.45, 7) is 3.41. The van der Waals surface area contributed by atoms with Gasteiger partial charge in [-0.1, -0.05) is 42.5 Å². The molecule has 0 aliphatic carbocycles. The Morgan fingerprint density at radius 3 is 2.48 bits per heavy atom. The molecule has 2 saturated heterocycles. The molecule has 2 fully saturated rings. The Morgan fingerprint density at radius 1 is 1.03 bits per heavy atom. The molecule has 0 aromatic heterocycles. The molecule has 0 saturated carbocycles. The van der Waals surface area contributed by atoms with E-state index >= 15 is 0 Å². The van der Waals surface area contributed by atoms with E-state index in [1.165, 1.54) is 0 Å². The van der Waals surface area contributed by atoms with Gasteiger partial charge < -0.3 is 14.5 Å². The number of likely N-dealkylation sites (tertiary alicyclic amines) is 1. The van der Waals surface area contributed by atoms with Crippen LogP contribution < -0.4 is 0 Å². The summed E-state index contributed by atoms with van der Waals surface area (Å²) in [6.07, 6.45) is 3.76. The second kappa shape index (κ2) is 9.23. The van der Waals surface area contributed by atoms with Gasteiger partial charge in [0, 0.05) is 44.8 Å². The molecule has 1 atom stereocenters. The van der Waals surface area contributed by atoms with Gasteiger partial charge in [-0.3, -0.25) is 9.59 Å². The van der Waals surface area contributed by atoms with Crippen LogP contribution in [0.25, 0.3) is 0 Å². The van der Waals surface area contributed by atoms with Gasteiger partial charge in [-0.2, -0.15) is 0 Å². The van der Waals surface area contributed by atoms with Gasteiger partial charge in [0.2, 0.25) is 5.91 Å². The summed E-state index contributed by atoms with van der Waals surface area (Å²) in [5.41, 5.74) is 2.85. The predicted octanol–water partition coefficient (Wildman–Crippen LogP) is 3.63. The molecule has 4 rings (SSSR count). The maximum atomic E-state index is 13.3. The van der Waals surface area contributed by atoms with Crippen molar-refractivity contribution < 1.29 is 14.3 Å². The maximum Gasteiger partial charge on any atom is 0.254 e. The van der Waals surface area contributed by atoms with Gasteiger partial charge in [0.1, 0.15) is 0 Å². The first-order valence-corrected chi connectivity index (χ1v) is 10.5. The molecule has 1 unspecified atom stereocenters. The Kier molecular flexibility index (Phi) is 6.25. The number of ether oxygens (including phenoxy) is 1. The third kappa shape index (κ3) is 5.04. The molecule has 0 spiro atoms. The highest BCUT2D eigenvalue weighted by Gasteiger charge is 2.24. The monoisotopic (exact) mass is 392 g/mol. The second-order valence-corrected chi connectivity index (χ2v) is 7.92. The van der Waals surface area contributed by atoms with Crippen LogP contribution in [0.15, 0.2) is 54.6 Å². The zero-order chi connectivity index (χ0) is 20.1. The van der Waals surface area contributed by atoms with Gasteiger partial charge in [0.25, 0.3) is 5.91 Å². The summed E-state index contributed by atoms with van der Waals surface area (Å²) in [6, 6.07) is 17.8. The lowest BCUT2D eigenvalue weighted by atomic mass is 10.1. The minimum atomic E-state index is 0.0214. The fraction of sp³-hybridized carbons (Fsp3) is 0.417. The summed E-state index contributed by atoms with van der Waals surface area (Å²) < 4.78 is 5.78. The van der Waals surface area contributed by atoms with Crippen LogP contribution >= 0.6 is 0 Å². The summed E-state index contributed by atoms with van der Waals surface area (Å²) in [7, 11) is 0. The predicted molar refractivity (Wildman–Crippen MR) is 111 cm³/mol. The van der Waals surface area contributed by atoms with E-state index in [-0.39, 0.29) is 17.9 Å². The minimum Gasteiger partial charge on any atom is -0.376 e. The molecule has 29 heavy (non-hydrogen) atoms. The largest absolute Gasteiger partial charge is 0.376 e. The van der Waals surface area contributed by atoms with Crippen molar-refractivity contribution in [1.29, 1.82) is 0 Å². The molecule has 2 aliphatic rings. The molecule has 2 heterocycles. The van der Waals surface area contributed by atoms with E-state index in [1.807, 2.05) is 64.4 Å². The highest BCUT2D eigenvalue weighted by molar-refractivity contribution is 5.94. The number of carbonyl (C=O) groups is 2. The van der Waals surface area contributed by atoms with E-state index in [1.54, 1.807) is 0 Å². The van der Waals surface area contributed by atoms with Crippen LogP contribution in [0.4, 0.5) is 0 Å². The standard InChI is InChI=1S/C24H28N2O3/c27-23-9-4-14-25(23)16-20-10-12-21(13-11-20)24(28)26(18-22-8-5-15-29-22)17-19-6-2-1-3-7-19/h1-3,6-7,10-13,22H,4-5,8-9,14-18H2. The molecule has 5 nitrogen and oxygen atoms in total. The van der Waals surface area contributed by atoms with Crippen LogP contribution in [0, 0.1) is 0 Å². The third-order valence-corrected chi connectivity index (χ3v) is 5.70. The van der Waals surface area contributed by atoms with Crippen molar-refractivity contribution in [2.45, 2.75) is 44.9 Å². The van der Waals surface area contributed by atoms with E-state index in [9.17, 15) is 9.59 Å². The van der Waals surface area contributed by atoms with Gasteiger partial charge in [0.05, 0.1) is 6.10 Å². The van der Waals surface area contributed by atoms with Crippen LogP contribution in [0.2, 0.25) is 0 Å². The smallest absolute Gasteiger partial charge is 0.254 e. The normalized spacial score (nSPS) is 19.0. The fourth-order valence-electron chi connectivity index (χ4n) is 4.08. The summed E-state index contributed by atoms with van der Waals surface area (Å²) in [4.78, 5) is 28.9. The zero-order valence-electron chi connectivity index (χ0n) is 16.8. The average Bonchev–Trinajstić information content (AvgIpc) is 3.40. The molecule has 2 aromatic carbocycles. The SMILES string of the molecule is O=C1CCCN1Cc1ccc(C(=O)N(Cc2ccccc2)CC2CCCO2)cc1. The van der Waals surface area contributed by atoms with E-state index in [0.717, 1.165) is 43.5 Å². The molecule has 5 heteroatoms. The minimum absolute atomic E-state index is 0.0214. The van der Waals surface area contributed by atoms with E-state index in [0.29, 0.717) is 31.6 Å². The molecular weight excluding hydrogens is 364 g/mol. The van der Waals surface area contributed by atoms with Crippen molar-refractivity contribution in [2.24, 2.45) is 0 Å². The number of amides is 2. The van der Waals surface area contributed by atoms with E-state index in [2.05, 4.69) is 0 Å². The summed E-state index contributed by atoms with van der Waals surface area (Å²) >= 11 is 0. The van der Waals surface area contributed by atoms with Crippen LogP contribution in [0.5, 0.6) is 0 Å². The number of hydrogen-bond donors (Lipinski definition) is 0. The summed E-state index contributed by atoms with van der Waals surface area (Å²) in [5.74, 6) is 0.240. The lowest BCUT2D eigenvalue weighted by Crippen LogP contribution is -2.37.